The van der Waals surface area contributed by atoms with E-state index >= 15 is 0 Å². The first-order valence-electron chi connectivity index (χ1n) is 4.95. The van der Waals surface area contributed by atoms with Crippen molar-refractivity contribution in [1.29, 1.82) is 0 Å². The van der Waals surface area contributed by atoms with Gasteiger partial charge in [-0.3, -0.25) is 0 Å². The van der Waals surface area contributed by atoms with Crippen molar-refractivity contribution < 1.29 is 9.15 Å². The predicted molar refractivity (Wildman–Crippen MR) is 49.6 cm³/mol. The van der Waals surface area contributed by atoms with Crippen LogP contribution in [0.3, 0.4) is 0 Å². The van der Waals surface area contributed by atoms with Gasteiger partial charge in [0, 0.05) is 7.11 Å². The molecule has 0 radical (unpaired) electrons. The Bertz CT molecular complexity index is 281. The average Bonchev–Trinajstić information content (AvgIpc) is 2.68. The zero-order chi connectivity index (χ0) is 9.80. The van der Waals surface area contributed by atoms with E-state index in [4.69, 9.17) is 9.15 Å². The molecule has 1 saturated heterocycles. The van der Waals surface area contributed by atoms with Gasteiger partial charge >= 0.3 is 0 Å². The number of nitrogens with zero attached hydrogens (tertiary/aromatic N) is 2. The number of hydrogen-bond donors (Lipinski definition) is 1. The Morgan fingerprint density at radius 1 is 1.50 bits per heavy atom. The highest BCUT2D eigenvalue weighted by Crippen LogP contribution is 2.21. The van der Waals surface area contributed by atoms with E-state index in [1.807, 2.05) is 0 Å². The largest absolute Gasteiger partial charge is 0.421 e. The van der Waals surface area contributed by atoms with Gasteiger partial charge in [0.1, 0.15) is 6.61 Å². The first kappa shape index (κ1) is 9.61. The van der Waals surface area contributed by atoms with E-state index in [1.165, 1.54) is 12.8 Å². The summed E-state index contributed by atoms with van der Waals surface area (Å²) in [5.41, 5.74) is 0. The van der Waals surface area contributed by atoms with E-state index in [2.05, 4.69) is 15.5 Å². The lowest BCUT2D eigenvalue weighted by atomic mass is 10.1. The van der Waals surface area contributed by atoms with E-state index in [-0.39, 0.29) is 6.04 Å². The molecule has 1 fully saturated rings. The number of methoxy groups -OCH3 is 1. The quantitative estimate of drug-likeness (QED) is 0.784. The molecule has 5 nitrogen and oxygen atoms in total. The molecule has 14 heavy (non-hydrogen) atoms. The minimum absolute atomic E-state index is 0.238. The molecule has 2 rings (SSSR count). The van der Waals surface area contributed by atoms with Gasteiger partial charge in [0.2, 0.25) is 11.8 Å². The van der Waals surface area contributed by atoms with Gasteiger partial charge in [0.25, 0.3) is 0 Å². The second-order valence-electron chi connectivity index (χ2n) is 3.47. The van der Waals surface area contributed by atoms with Gasteiger partial charge in [-0.05, 0) is 19.4 Å². The lowest BCUT2D eigenvalue weighted by Gasteiger charge is -2.19. The molecule has 0 amide bonds. The maximum Gasteiger partial charge on any atom is 0.242 e. The molecular formula is C9H15N3O2. The highest BCUT2D eigenvalue weighted by molar-refractivity contribution is 4.91. The maximum atomic E-state index is 5.45. The molecule has 1 atom stereocenters. The molecule has 2 heterocycles. The molecule has 0 bridgehead atoms. The van der Waals surface area contributed by atoms with Gasteiger partial charge in [-0.2, -0.15) is 0 Å². The molecule has 0 saturated carbocycles. The third-order valence-corrected chi connectivity index (χ3v) is 2.36. The topological polar surface area (TPSA) is 60.2 Å². The van der Waals surface area contributed by atoms with Crippen molar-refractivity contribution in [2.75, 3.05) is 13.7 Å². The Morgan fingerprint density at radius 3 is 3.14 bits per heavy atom. The molecule has 1 aliphatic heterocycles. The predicted octanol–water partition coefficient (Wildman–Crippen LogP) is 1.03. The summed E-state index contributed by atoms with van der Waals surface area (Å²) in [6.07, 6.45) is 3.53. The molecule has 1 aliphatic rings. The van der Waals surface area contributed by atoms with Crippen LogP contribution in [0.5, 0.6) is 0 Å². The monoisotopic (exact) mass is 197 g/mol. The van der Waals surface area contributed by atoms with E-state index < -0.39 is 0 Å². The van der Waals surface area contributed by atoms with Crippen LogP contribution in [0.2, 0.25) is 0 Å². The van der Waals surface area contributed by atoms with Crippen LogP contribution in [0.15, 0.2) is 4.42 Å². The van der Waals surface area contributed by atoms with Gasteiger partial charge < -0.3 is 14.5 Å². The summed E-state index contributed by atoms with van der Waals surface area (Å²) < 4.78 is 10.4. The first-order valence-corrected chi connectivity index (χ1v) is 4.95. The summed E-state index contributed by atoms with van der Waals surface area (Å²) in [5, 5.41) is 11.3. The summed E-state index contributed by atoms with van der Waals surface area (Å²) in [4.78, 5) is 0. The van der Waals surface area contributed by atoms with Crippen molar-refractivity contribution in [3.05, 3.63) is 11.8 Å². The number of nitrogens with one attached hydrogen (secondary N) is 1. The lowest BCUT2D eigenvalue weighted by molar-refractivity contribution is 0.156. The summed E-state index contributed by atoms with van der Waals surface area (Å²) in [5.74, 6) is 1.24. The number of hydrogen-bond acceptors (Lipinski definition) is 5. The highest BCUT2D eigenvalue weighted by atomic mass is 16.5. The Balaban J connectivity index is 2.00. The molecule has 1 aromatic rings. The third-order valence-electron chi connectivity index (χ3n) is 2.36. The van der Waals surface area contributed by atoms with Crippen molar-refractivity contribution in [2.45, 2.75) is 31.9 Å². The normalized spacial score (nSPS) is 22.5. The number of rotatable bonds is 3. The van der Waals surface area contributed by atoms with Crippen molar-refractivity contribution in [2.24, 2.45) is 0 Å². The van der Waals surface area contributed by atoms with E-state index in [1.54, 1.807) is 7.11 Å². The van der Waals surface area contributed by atoms with Gasteiger partial charge in [0.05, 0.1) is 6.04 Å². The Kier molecular flexibility index (Phi) is 3.10. The van der Waals surface area contributed by atoms with Crippen LogP contribution in [-0.4, -0.2) is 23.9 Å². The summed E-state index contributed by atoms with van der Waals surface area (Å²) >= 11 is 0. The number of piperidine rings is 1. The molecule has 1 N–H and O–H groups in total. The first-order chi connectivity index (χ1) is 6.90. The zero-order valence-electron chi connectivity index (χ0n) is 8.32. The van der Waals surface area contributed by atoms with E-state index in [0.29, 0.717) is 18.4 Å². The fourth-order valence-electron chi connectivity index (χ4n) is 1.65. The molecule has 0 aromatic carbocycles. The Labute approximate surface area is 82.8 Å². The lowest BCUT2D eigenvalue weighted by Crippen LogP contribution is -2.26. The van der Waals surface area contributed by atoms with Crippen molar-refractivity contribution in [3.8, 4) is 0 Å². The fourth-order valence-corrected chi connectivity index (χ4v) is 1.65. The zero-order valence-corrected chi connectivity index (χ0v) is 8.32. The summed E-state index contributed by atoms with van der Waals surface area (Å²) in [7, 11) is 1.61. The molecule has 1 aromatic heterocycles. The van der Waals surface area contributed by atoms with Crippen LogP contribution < -0.4 is 5.32 Å². The number of ether oxygens (including phenoxy) is 1. The van der Waals surface area contributed by atoms with Crippen LogP contribution >= 0.6 is 0 Å². The SMILES string of the molecule is COCc1nnc([C@H]2CCCCN2)o1. The second-order valence-corrected chi connectivity index (χ2v) is 3.47. The van der Waals surface area contributed by atoms with Crippen molar-refractivity contribution >= 4 is 0 Å². The van der Waals surface area contributed by atoms with Gasteiger partial charge in [-0.25, -0.2) is 0 Å². The molecule has 0 unspecified atom stereocenters. The fraction of sp³-hybridized carbons (Fsp3) is 0.778. The second kappa shape index (κ2) is 4.52. The summed E-state index contributed by atoms with van der Waals surface area (Å²) in [6.45, 7) is 1.42. The molecular weight excluding hydrogens is 182 g/mol. The third kappa shape index (κ3) is 2.10. The van der Waals surface area contributed by atoms with E-state index in [9.17, 15) is 0 Å². The maximum absolute atomic E-state index is 5.45. The molecule has 0 aliphatic carbocycles. The highest BCUT2D eigenvalue weighted by Gasteiger charge is 2.20. The van der Waals surface area contributed by atoms with Crippen LogP contribution in [-0.2, 0) is 11.3 Å². The average molecular weight is 197 g/mol. The molecule has 0 spiro atoms. The van der Waals surface area contributed by atoms with Crippen molar-refractivity contribution in [3.63, 3.8) is 0 Å². The van der Waals surface area contributed by atoms with Gasteiger partial charge in [-0.1, -0.05) is 6.42 Å². The van der Waals surface area contributed by atoms with Crippen LogP contribution in [0.1, 0.15) is 37.1 Å². The minimum Gasteiger partial charge on any atom is -0.421 e. The van der Waals surface area contributed by atoms with Crippen molar-refractivity contribution in [1.82, 2.24) is 15.5 Å². The van der Waals surface area contributed by atoms with Gasteiger partial charge in [-0.15, -0.1) is 10.2 Å². The minimum atomic E-state index is 0.238. The standard InChI is InChI=1S/C9H15N3O2/c1-13-6-8-11-12-9(14-8)7-4-2-3-5-10-7/h7,10H,2-6H2,1H3/t7-/m1/s1. The molecule has 78 valence electrons. The van der Waals surface area contributed by atoms with Crippen LogP contribution in [0.4, 0.5) is 0 Å². The van der Waals surface area contributed by atoms with E-state index in [0.717, 1.165) is 13.0 Å². The van der Waals surface area contributed by atoms with Crippen LogP contribution in [0.25, 0.3) is 0 Å². The summed E-state index contributed by atoms with van der Waals surface area (Å²) in [6, 6.07) is 0.238. The number of aromatic nitrogens is 2. The smallest absolute Gasteiger partial charge is 0.242 e. The van der Waals surface area contributed by atoms with Gasteiger partial charge in [0.15, 0.2) is 0 Å². The Morgan fingerprint density at radius 2 is 2.43 bits per heavy atom. The molecule has 5 heteroatoms. The van der Waals surface area contributed by atoms with Crippen LogP contribution in [0, 0.1) is 0 Å². The Hall–Kier alpha value is -0.940.